The lowest BCUT2D eigenvalue weighted by atomic mass is 9.98. The van der Waals surface area contributed by atoms with Gasteiger partial charge in [0, 0.05) is 16.5 Å². The summed E-state index contributed by atoms with van der Waals surface area (Å²) in [5.74, 6) is 0. The first-order valence-electron chi connectivity index (χ1n) is 12.4. The van der Waals surface area contributed by atoms with Gasteiger partial charge >= 0.3 is 0 Å². The fourth-order valence-corrected chi connectivity index (χ4v) is 5.35. The average Bonchev–Trinajstić information content (AvgIpc) is 3.27. The van der Waals surface area contributed by atoms with Gasteiger partial charge < -0.3 is 4.57 Å². The van der Waals surface area contributed by atoms with Crippen LogP contribution in [0.1, 0.15) is 5.56 Å². The molecule has 0 atom stereocenters. The summed E-state index contributed by atoms with van der Waals surface area (Å²) in [6.07, 6.45) is 0. The van der Waals surface area contributed by atoms with Crippen LogP contribution in [0.2, 0.25) is 0 Å². The minimum atomic E-state index is 1.19. The molecule has 7 rings (SSSR count). The third-order valence-corrected chi connectivity index (χ3v) is 7.25. The van der Waals surface area contributed by atoms with Crippen molar-refractivity contribution in [3.05, 3.63) is 139 Å². The highest BCUT2D eigenvalue weighted by Crippen LogP contribution is 2.37. The molecule has 0 aliphatic rings. The number of aryl methyl sites for hydroxylation is 1. The Kier molecular flexibility index (Phi) is 4.75. The van der Waals surface area contributed by atoms with Crippen molar-refractivity contribution < 1.29 is 0 Å². The Morgan fingerprint density at radius 1 is 0.417 bits per heavy atom. The Labute approximate surface area is 210 Å². The second kappa shape index (κ2) is 8.25. The fourth-order valence-electron chi connectivity index (χ4n) is 5.35. The molecule has 0 radical (unpaired) electrons. The average molecular weight is 460 g/mol. The van der Waals surface area contributed by atoms with E-state index >= 15 is 0 Å². The molecular weight excluding hydrogens is 434 g/mol. The highest BCUT2D eigenvalue weighted by molar-refractivity contribution is 6.11. The third kappa shape index (κ3) is 3.40. The van der Waals surface area contributed by atoms with Gasteiger partial charge in [-0.3, -0.25) is 0 Å². The SMILES string of the molecule is Cc1ccc(-n2c3ccc(-c4ccccc4)cc3c3cc(-c4ccc5ccccc5c4)ccc32)cc1. The summed E-state index contributed by atoms with van der Waals surface area (Å²) < 4.78 is 2.39. The van der Waals surface area contributed by atoms with Crippen LogP contribution in [0, 0.1) is 6.92 Å². The van der Waals surface area contributed by atoms with Crippen molar-refractivity contribution in [1.29, 1.82) is 0 Å². The molecule has 0 saturated carbocycles. The molecule has 7 aromatic rings. The molecule has 0 bridgehead atoms. The zero-order valence-corrected chi connectivity index (χ0v) is 20.1. The van der Waals surface area contributed by atoms with E-state index in [4.69, 9.17) is 0 Å². The van der Waals surface area contributed by atoms with Gasteiger partial charge in [-0.05, 0) is 82.4 Å². The van der Waals surface area contributed by atoms with Crippen LogP contribution in [-0.4, -0.2) is 4.57 Å². The van der Waals surface area contributed by atoms with Crippen LogP contribution < -0.4 is 0 Å². The number of hydrogen-bond donors (Lipinski definition) is 0. The largest absolute Gasteiger partial charge is 0.309 e. The quantitative estimate of drug-likeness (QED) is 0.248. The Hall–Kier alpha value is -4.62. The van der Waals surface area contributed by atoms with Crippen LogP contribution in [0.15, 0.2) is 133 Å². The van der Waals surface area contributed by atoms with Gasteiger partial charge in [0.1, 0.15) is 0 Å². The fraction of sp³-hybridized carbons (Fsp3) is 0.0286. The highest BCUT2D eigenvalue weighted by Gasteiger charge is 2.14. The van der Waals surface area contributed by atoms with Crippen molar-refractivity contribution in [2.45, 2.75) is 6.92 Å². The maximum absolute atomic E-state index is 2.39. The molecular formula is C35H25N. The van der Waals surface area contributed by atoms with Crippen LogP contribution in [0.4, 0.5) is 0 Å². The monoisotopic (exact) mass is 459 g/mol. The summed E-state index contributed by atoms with van der Waals surface area (Å²) >= 11 is 0. The molecule has 170 valence electrons. The van der Waals surface area contributed by atoms with Crippen LogP contribution >= 0.6 is 0 Å². The number of hydrogen-bond acceptors (Lipinski definition) is 0. The molecule has 1 heterocycles. The van der Waals surface area contributed by atoms with E-state index in [1.165, 1.54) is 66.1 Å². The van der Waals surface area contributed by atoms with E-state index in [0.717, 1.165) is 0 Å². The maximum Gasteiger partial charge on any atom is 0.0541 e. The Bertz CT molecular complexity index is 1870. The molecule has 0 amide bonds. The molecule has 1 heteroatoms. The number of benzene rings is 6. The zero-order chi connectivity index (χ0) is 24.1. The number of nitrogens with zero attached hydrogens (tertiary/aromatic N) is 1. The summed E-state index contributed by atoms with van der Waals surface area (Å²) in [4.78, 5) is 0. The van der Waals surface area contributed by atoms with Crippen LogP contribution in [-0.2, 0) is 0 Å². The van der Waals surface area contributed by atoms with E-state index in [-0.39, 0.29) is 0 Å². The predicted molar refractivity (Wildman–Crippen MR) is 154 cm³/mol. The summed E-state index contributed by atoms with van der Waals surface area (Å²) in [6, 6.07) is 48.5. The van der Waals surface area contributed by atoms with E-state index in [1.807, 2.05) is 0 Å². The topological polar surface area (TPSA) is 4.93 Å². The van der Waals surface area contributed by atoms with Gasteiger partial charge in [0.05, 0.1) is 11.0 Å². The van der Waals surface area contributed by atoms with Crippen LogP contribution in [0.5, 0.6) is 0 Å². The molecule has 36 heavy (non-hydrogen) atoms. The van der Waals surface area contributed by atoms with Gasteiger partial charge in [0.15, 0.2) is 0 Å². The summed E-state index contributed by atoms with van der Waals surface area (Å²) in [7, 11) is 0. The smallest absolute Gasteiger partial charge is 0.0541 e. The molecule has 0 aliphatic carbocycles. The Balaban J connectivity index is 1.50. The van der Waals surface area contributed by atoms with Crippen LogP contribution in [0.3, 0.4) is 0 Å². The lowest BCUT2D eigenvalue weighted by molar-refractivity contribution is 1.17. The molecule has 1 aromatic heterocycles. The van der Waals surface area contributed by atoms with Gasteiger partial charge in [0.2, 0.25) is 0 Å². The molecule has 0 unspecified atom stereocenters. The van der Waals surface area contributed by atoms with Gasteiger partial charge in [-0.1, -0.05) is 96.6 Å². The Morgan fingerprint density at radius 2 is 0.972 bits per heavy atom. The molecule has 0 saturated heterocycles. The minimum Gasteiger partial charge on any atom is -0.309 e. The normalized spacial score (nSPS) is 11.5. The molecule has 6 aromatic carbocycles. The van der Waals surface area contributed by atoms with Crippen molar-refractivity contribution in [3.8, 4) is 27.9 Å². The molecule has 0 aliphatic heterocycles. The lowest BCUT2D eigenvalue weighted by Crippen LogP contribution is -1.93. The first-order chi connectivity index (χ1) is 17.7. The maximum atomic E-state index is 2.39. The van der Waals surface area contributed by atoms with Gasteiger partial charge in [-0.25, -0.2) is 0 Å². The highest BCUT2D eigenvalue weighted by atomic mass is 15.0. The van der Waals surface area contributed by atoms with E-state index in [9.17, 15) is 0 Å². The lowest BCUT2D eigenvalue weighted by Gasteiger charge is -2.09. The molecule has 0 fully saturated rings. The van der Waals surface area contributed by atoms with Gasteiger partial charge in [-0.2, -0.15) is 0 Å². The van der Waals surface area contributed by atoms with Crippen molar-refractivity contribution in [1.82, 2.24) is 4.57 Å². The van der Waals surface area contributed by atoms with Crippen molar-refractivity contribution in [3.63, 3.8) is 0 Å². The molecule has 1 nitrogen and oxygen atoms in total. The first-order valence-corrected chi connectivity index (χ1v) is 12.4. The van der Waals surface area contributed by atoms with E-state index in [0.29, 0.717) is 0 Å². The molecule has 0 spiro atoms. The Morgan fingerprint density at radius 3 is 1.67 bits per heavy atom. The first kappa shape index (κ1) is 20.7. The second-order valence-electron chi connectivity index (χ2n) is 9.56. The summed E-state index contributed by atoms with van der Waals surface area (Å²) in [5.41, 5.74) is 9.86. The van der Waals surface area contributed by atoms with Crippen molar-refractivity contribution in [2.75, 3.05) is 0 Å². The minimum absolute atomic E-state index is 1.19. The van der Waals surface area contributed by atoms with Gasteiger partial charge in [0.25, 0.3) is 0 Å². The van der Waals surface area contributed by atoms with E-state index in [2.05, 4.69) is 145 Å². The molecule has 0 N–H and O–H groups in total. The number of fused-ring (bicyclic) bond motifs is 4. The summed E-state index contributed by atoms with van der Waals surface area (Å²) in [5, 5.41) is 5.08. The van der Waals surface area contributed by atoms with Crippen molar-refractivity contribution >= 4 is 32.6 Å². The van der Waals surface area contributed by atoms with E-state index < -0.39 is 0 Å². The van der Waals surface area contributed by atoms with Gasteiger partial charge in [-0.15, -0.1) is 0 Å². The number of aromatic nitrogens is 1. The number of rotatable bonds is 3. The summed E-state index contributed by atoms with van der Waals surface area (Å²) in [6.45, 7) is 2.14. The second-order valence-corrected chi connectivity index (χ2v) is 9.56. The van der Waals surface area contributed by atoms with Crippen LogP contribution in [0.25, 0.3) is 60.5 Å². The third-order valence-electron chi connectivity index (χ3n) is 7.25. The van der Waals surface area contributed by atoms with E-state index in [1.54, 1.807) is 0 Å². The van der Waals surface area contributed by atoms with Crippen molar-refractivity contribution in [2.24, 2.45) is 0 Å². The predicted octanol–water partition coefficient (Wildman–Crippen LogP) is 9.58. The zero-order valence-electron chi connectivity index (χ0n) is 20.1. The standard InChI is InChI=1S/C35H25N/c1-24-11-17-31(18-12-24)36-34-19-15-29(25-7-3-2-4-8-25)22-32(34)33-23-30(16-20-35(33)36)28-14-13-26-9-5-6-10-27(26)21-28/h2-23H,1H3.